The van der Waals surface area contributed by atoms with Crippen LogP contribution in [0.2, 0.25) is 10.0 Å². The van der Waals surface area contributed by atoms with Gasteiger partial charge in [0.25, 0.3) is 5.56 Å². The van der Waals surface area contributed by atoms with E-state index in [1.807, 2.05) is 23.6 Å². The van der Waals surface area contributed by atoms with E-state index in [1.54, 1.807) is 42.3 Å². The number of H-pyrrole nitrogens is 1. The van der Waals surface area contributed by atoms with Gasteiger partial charge >= 0.3 is 0 Å². The van der Waals surface area contributed by atoms with E-state index in [9.17, 15) is 9.59 Å². The lowest BCUT2D eigenvalue weighted by atomic mass is 10.1. The molecule has 2 aromatic carbocycles. The summed E-state index contributed by atoms with van der Waals surface area (Å²) in [5, 5.41) is 6.40. The molecule has 2 N–H and O–H groups in total. The van der Waals surface area contributed by atoms with Gasteiger partial charge in [-0.1, -0.05) is 41.4 Å². The van der Waals surface area contributed by atoms with Crippen LogP contribution in [0, 0.1) is 0 Å². The predicted molar refractivity (Wildman–Crippen MR) is 127 cm³/mol. The summed E-state index contributed by atoms with van der Waals surface area (Å²) in [4.78, 5) is 34.9. The maximum atomic E-state index is 12.8. The van der Waals surface area contributed by atoms with Gasteiger partial charge in [-0.05, 0) is 37.4 Å². The van der Waals surface area contributed by atoms with E-state index in [0.717, 1.165) is 11.1 Å². The van der Waals surface area contributed by atoms with Gasteiger partial charge < -0.3 is 10.3 Å². The first-order chi connectivity index (χ1) is 14.9. The Morgan fingerprint density at radius 2 is 1.87 bits per heavy atom. The number of nitrogens with zero attached hydrogens (tertiary/aromatic N) is 2. The number of benzene rings is 2. The lowest BCUT2D eigenvalue weighted by Gasteiger charge is -2.15. The van der Waals surface area contributed by atoms with E-state index in [-0.39, 0.29) is 18.0 Å². The number of hydrogen-bond acceptors (Lipinski definition) is 5. The van der Waals surface area contributed by atoms with Crippen LogP contribution in [0.3, 0.4) is 0 Å². The molecule has 6 nitrogen and oxygen atoms in total. The van der Waals surface area contributed by atoms with Gasteiger partial charge in [0.05, 0.1) is 18.5 Å². The molecule has 4 rings (SSSR count). The van der Waals surface area contributed by atoms with Crippen LogP contribution < -0.4 is 10.9 Å². The van der Waals surface area contributed by atoms with Gasteiger partial charge in [-0.25, -0.2) is 4.98 Å². The Labute approximate surface area is 192 Å². The number of aromatic nitrogens is 2. The van der Waals surface area contributed by atoms with E-state index in [2.05, 4.69) is 15.3 Å². The molecule has 0 bridgehead atoms. The largest absolute Gasteiger partial charge is 0.325 e. The molecule has 158 valence electrons. The number of likely N-dealkylation sites (N-methyl/N-ethyl adjacent to an activating group) is 1. The number of amides is 1. The zero-order valence-corrected chi connectivity index (χ0v) is 18.8. The molecule has 0 aliphatic heterocycles. The molecule has 0 saturated heterocycles. The molecular weight excluding hydrogens is 455 g/mol. The fraction of sp³-hybridized carbons (Fsp3) is 0.136. The minimum Gasteiger partial charge on any atom is -0.325 e. The predicted octanol–water partition coefficient (Wildman–Crippen LogP) is 5.03. The second-order valence-corrected chi connectivity index (χ2v) is 8.75. The third-order valence-electron chi connectivity index (χ3n) is 4.62. The van der Waals surface area contributed by atoms with Gasteiger partial charge in [0.15, 0.2) is 0 Å². The zero-order valence-electron chi connectivity index (χ0n) is 16.5. The van der Waals surface area contributed by atoms with E-state index in [0.29, 0.717) is 38.3 Å². The molecule has 0 radical (unpaired) electrons. The Balaban J connectivity index is 1.49. The van der Waals surface area contributed by atoms with Crippen LogP contribution in [0.15, 0.2) is 58.7 Å². The summed E-state index contributed by atoms with van der Waals surface area (Å²) in [5.41, 5.74) is 2.00. The highest BCUT2D eigenvalue weighted by molar-refractivity contribution is 7.17. The van der Waals surface area contributed by atoms with Crippen LogP contribution in [-0.2, 0) is 11.3 Å². The lowest BCUT2D eigenvalue weighted by molar-refractivity contribution is -0.117. The summed E-state index contributed by atoms with van der Waals surface area (Å²) in [6.45, 7) is 0.457. The number of rotatable bonds is 6. The van der Waals surface area contributed by atoms with Gasteiger partial charge in [0, 0.05) is 32.2 Å². The highest BCUT2D eigenvalue weighted by atomic mass is 35.5. The number of nitrogens with one attached hydrogen (secondary N) is 2. The van der Waals surface area contributed by atoms with Crippen LogP contribution in [-0.4, -0.2) is 34.4 Å². The average Bonchev–Trinajstić information content (AvgIpc) is 3.14. The van der Waals surface area contributed by atoms with Crippen molar-refractivity contribution in [2.75, 3.05) is 18.9 Å². The summed E-state index contributed by atoms with van der Waals surface area (Å²) < 4.78 is 0. The third kappa shape index (κ3) is 4.97. The first kappa shape index (κ1) is 21.5. The molecule has 2 heterocycles. The Bertz CT molecular complexity index is 1300. The summed E-state index contributed by atoms with van der Waals surface area (Å²) in [7, 11) is 1.79. The van der Waals surface area contributed by atoms with Crippen LogP contribution in [0.1, 0.15) is 5.82 Å². The van der Waals surface area contributed by atoms with Gasteiger partial charge in [0.1, 0.15) is 10.7 Å². The molecule has 0 fully saturated rings. The molecule has 1 amide bonds. The van der Waals surface area contributed by atoms with Crippen LogP contribution in [0.5, 0.6) is 0 Å². The Morgan fingerprint density at radius 3 is 2.61 bits per heavy atom. The summed E-state index contributed by atoms with van der Waals surface area (Å²) in [6.07, 6.45) is 0. The van der Waals surface area contributed by atoms with Crippen LogP contribution in [0.25, 0.3) is 21.3 Å². The normalized spacial score (nSPS) is 11.2. The smallest absolute Gasteiger partial charge is 0.260 e. The minimum atomic E-state index is -0.227. The number of fused-ring (bicyclic) bond motifs is 1. The molecule has 0 unspecified atom stereocenters. The Kier molecular flexibility index (Phi) is 6.38. The maximum absolute atomic E-state index is 12.8. The summed E-state index contributed by atoms with van der Waals surface area (Å²) in [5.74, 6) is 0.317. The van der Waals surface area contributed by atoms with E-state index in [1.165, 1.54) is 11.3 Å². The van der Waals surface area contributed by atoms with Crippen molar-refractivity contribution in [2.24, 2.45) is 0 Å². The molecule has 4 aromatic rings. The number of thiophene rings is 1. The van der Waals surface area contributed by atoms with Crippen molar-refractivity contribution in [3.63, 3.8) is 0 Å². The van der Waals surface area contributed by atoms with E-state index >= 15 is 0 Å². The molecule has 2 aromatic heterocycles. The number of hydrogen-bond donors (Lipinski definition) is 2. The van der Waals surface area contributed by atoms with Crippen molar-refractivity contribution in [1.29, 1.82) is 0 Å². The fourth-order valence-electron chi connectivity index (χ4n) is 3.24. The highest BCUT2D eigenvalue weighted by Gasteiger charge is 2.16. The number of anilines is 1. The van der Waals surface area contributed by atoms with E-state index in [4.69, 9.17) is 23.2 Å². The van der Waals surface area contributed by atoms with Crippen molar-refractivity contribution in [2.45, 2.75) is 6.54 Å². The monoisotopic (exact) mass is 472 g/mol. The molecule has 9 heteroatoms. The summed E-state index contributed by atoms with van der Waals surface area (Å²) >= 11 is 13.6. The molecule has 0 aliphatic carbocycles. The summed E-state index contributed by atoms with van der Waals surface area (Å²) in [6, 6.07) is 14.3. The second-order valence-electron chi connectivity index (χ2n) is 7.05. The van der Waals surface area contributed by atoms with Crippen molar-refractivity contribution in [3.05, 3.63) is 80.1 Å². The molecule has 0 spiro atoms. The van der Waals surface area contributed by atoms with E-state index < -0.39 is 0 Å². The fourth-order valence-corrected chi connectivity index (χ4v) is 4.56. The van der Waals surface area contributed by atoms with Gasteiger partial charge in [-0.3, -0.25) is 14.5 Å². The van der Waals surface area contributed by atoms with Crippen molar-refractivity contribution in [3.8, 4) is 11.1 Å². The number of carbonyl (C=O) groups is 1. The average molecular weight is 473 g/mol. The number of carbonyl (C=O) groups excluding carboxylic acids is 1. The molecule has 0 aliphatic rings. The van der Waals surface area contributed by atoms with Crippen LogP contribution >= 0.6 is 34.5 Å². The standard InChI is InChI=1S/C22H18Cl2N4O2S/c1-28(11-19(29)25-14-8-6-13(23)7-9-14)10-18-26-21(30)20-16(12-31-22(20)27-18)15-4-2-3-5-17(15)24/h2-9,12H,10-11H2,1H3,(H,25,29)(H,26,27,30). The maximum Gasteiger partial charge on any atom is 0.260 e. The van der Waals surface area contributed by atoms with Crippen molar-refractivity contribution < 1.29 is 4.79 Å². The number of halogens is 2. The molecule has 0 atom stereocenters. The van der Waals surface area contributed by atoms with Gasteiger partial charge in [-0.2, -0.15) is 0 Å². The van der Waals surface area contributed by atoms with Gasteiger partial charge in [-0.15, -0.1) is 11.3 Å². The zero-order chi connectivity index (χ0) is 22.0. The highest BCUT2D eigenvalue weighted by Crippen LogP contribution is 2.34. The van der Waals surface area contributed by atoms with Crippen molar-refractivity contribution in [1.82, 2.24) is 14.9 Å². The van der Waals surface area contributed by atoms with Crippen molar-refractivity contribution >= 4 is 56.3 Å². The first-order valence-corrected chi connectivity index (χ1v) is 11.0. The number of aromatic amines is 1. The Hall–Kier alpha value is -2.71. The Morgan fingerprint density at radius 1 is 1.13 bits per heavy atom. The first-order valence-electron chi connectivity index (χ1n) is 9.40. The molecule has 0 saturated carbocycles. The third-order valence-corrected chi connectivity index (χ3v) is 6.07. The van der Waals surface area contributed by atoms with Gasteiger partial charge in [0.2, 0.25) is 5.91 Å². The lowest BCUT2D eigenvalue weighted by Crippen LogP contribution is -2.31. The quantitative estimate of drug-likeness (QED) is 0.412. The minimum absolute atomic E-state index is 0.139. The molecular formula is C22H18Cl2N4O2S. The SMILES string of the molecule is CN(CC(=O)Nc1ccc(Cl)cc1)Cc1nc2scc(-c3ccccc3Cl)c2c(=O)[nH]1. The molecule has 31 heavy (non-hydrogen) atoms. The topological polar surface area (TPSA) is 78.1 Å². The van der Waals surface area contributed by atoms with Crippen LogP contribution in [0.4, 0.5) is 5.69 Å². The second kappa shape index (κ2) is 9.20.